The number of hydrogen-bond donors (Lipinski definition) is 1. The molecule has 2 N–H and O–H groups in total. The van der Waals surface area contributed by atoms with Crippen molar-refractivity contribution in [3.8, 4) is 0 Å². The topological polar surface area (TPSA) is 43.1 Å². The third-order valence-electron chi connectivity index (χ3n) is 4.64. The first-order valence-electron chi connectivity index (χ1n) is 8.33. The summed E-state index contributed by atoms with van der Waals surface area (Å²) in [5.41, 5.74) is 6.65. The Morgan fingerprint density at radius 3 is 2.57 bits per heavy atom. The van der Waals surface area contributed by atoms with Crippen molar-refractivity contribution >= 4 is 29.2 Å². The minimum atomic E-state index is -4.53. The standard InChI is InChI=1S/C21H13F4NOS/c22-16-9-11-4-1-2-7-14(11)15(16)10-17-19(27)18(20(26)28-17)12-5-3-6-13(8-12)21(23,24)25/h1-10,15H,26H2/b17-10-. The second-order valence-electron chi connectivity index (χ2n) is 6.42. The number of fused-ring (bicyclic) bond motifs is 1. The van der Waals surface area contributed by atoms with Gasteiger partial charge in [-0.15, -0.1) is 0 Å². The highest BCUT2D eigenvalue weighted by Gasteiger charge is 2.34. The first-order chi connectivity index (χ1) is 13.3. The van der Waals surface area contributed by atoms with Gasteiger partial charge in [0.05, 0.1) is 27.0 Å². The smallest absolute Gasteiger partial charge is 0.393 e. The summed E-state index contributed by atoms with van der Waals surface area (Å²) in [5, 5.41) is 0.103. The van der Waals surface area contributed by atoms with E-state index >= 15 is 0 Å². The number of halogens is 4. The fraction of sp³-hybridized carbons (Fsp3) is 0.0952. The number of ketones is 1. The highest BCUT2D eigenvalue weighted by atomic mass is 32.2. The van der Waals surface area contributed by atoms with E-state index in [1.807, 2.05) is 0 Å². The number of allylic oxidation sites excluding steroid dienone is 4. The van der Waals surface area contributed by atoms with E-state index in [1.165, 1.54) is 24.3 Å². The molecule has 2 nitrogen and oxygen atoms in total. The molecule has 2 aromatic carbocycles. The van der Waals surface area contributed by atoms with Crippen LogP contribution in [0.25, 0.3) is 11.6 Å². The molecule has 2 aromatic rings. The normalized spacial score (nSPS) is 20.7. The number of nitrogens with two attached hydrogens (primary N) is 1. The van der Waals surface area contributed by atoms with E-state index in [0.29, 0.717) is 0 Å². The van der Waals surface area contributed by atoms with Gasteiger partial charge in [-0.3, -0.25) is 4.79 Å². The molecule has 28 heavy (non-hydrogen) atoms. The average molecular weight is 403 g/mol. The van der Waals surface area contributed by atoms with E-state index in [2.05, 4.69) is 0 Å². The van der Waals surface area contributed by atoms with E-state index in [9.17, 15) is 22.4 Å². The molecule has 1 aliphatic carbocycles. The van der Waals surface area contributed by atoms with E-state index in [0.717, 1.165) is 35.0 Å². The summed E-state index contributed by atoms with van der Waals surface area (Å²) in [6, 6.07) is 11.6. The van der Waals surface area contributed by atoms with Crippen LogP contribution in [0.5, 0.6) is 0 Å². The lowest BCUT2D eigenvalue weighted by molar-refractivity contribution is -0.137. The lowest BCUT2D eigenvalue weighted by Gasteiger charge is -2.10. The largest absolute Gasteiger partial charge is 0.416 e. The molecule has 0 spiro atoms. The van der Waals surface area contributed by atoms with Crippen molar-refractivity contribution in [2.45, 2.75) is 12.1 Å². The number of carbonyl (C=O) groups excluding carboxylic acids is 1. The maximum absolute atomic E-state index is 14.4. The number of carbonyl (C=O) groups is 1. The molecule has 0 saturated carbocycles. The summed E-state index contributed by atoms with van der Waals surface area (Å²) >= 11 is 0.947. The zero-order valence-corrected chi connectivity index (χ0v) is 15.1. The summed E-state index contributed by atoms with van der Waals surface area (Å²) in [4.78, 5) is 13.0. The highest BCUT2D eigenvalue weighted by molar-refractivity contribution is 8.08. The number of thioether (sulfide) groups is 1. The van der Waals surface area contributed by atoms with Crippen molar-refractivity contribution in [2.24, 2.45) is 5.73 Å². The third kappa shape index (κ3) is 3.16. The molecule has 2 aliphatic rings. The fourth-order valence-corrected chi connectivity index (χ4v) is 4.27. The molecule has 4 rings (SSSR count). The van der Waals surface area contributed by atoms with Crippen LogP contribution in [0.3, 0.4) is 0 Å². The Morgan fingerprint density at radius 2 is 1.82 bits per heavy atom. The van der Waals surface area contributed by atoms with E-state index in [-0.39, 0.29) is 21.1 Å². The summed E-state index contributed by atoms with van der Waals surface area (Å²) in [6.07, 6.45) is -1.63. The van der Waals surface area contributed by atoms with Gasteiger partial charge in [0, 0.05) is 0 Å². The van der Waals surface area contributed by atoms with Gasteiger partial charge < -0.3 is 5.73 Å². The Hall–Kier alpha value is -2.80. The summed E-state index contributed by atoms with van der Waals surface area (Å²) in [7, 11) is 0. The van der Waals surface area contributed by atoms with Gasteiger partial charge in [-0.1, -0.05) is 54.2 Å². The molecule has 1 aliphatic heterocycles. The van der Waals surface area contributed by atoms with Crippen LogP contribution in [0.4, 0.5) is 17.6 Å². The second kappa shape index (κ2) is 6.67. The number of Topliss-reactive ketones (excluding diaryl/α,β-unsaturated/α-hetero) is 1. The van der Waals surface area contributed by atoms with Crippen LogP contribution in [0, 0.1) is 0 Å². The SMILES string of the molecule is NC1=C(c2cccc(C(F)(F)F)c2)C(=O)/C(=C/C2C(F)=Cc3ccccc32)S1. The van der Waals surface area contributed by atoms with Gasteiger partial charge in [0.2, 0.25) is 5.78 Å². The molecule has 1 heterocycles. The van der Waals surface area contributed by atoms with Crippen LogP contribution >= 0.6 is 11.8 Å². The average Bonchev–Trinajstić information content (AvgIpc) is 3.11. The maximum Gasteiger partial charge on any atom is 0.416 e. The number of rotatable bonds is 2. The molecule has 0 amide bonds. The molecule has 0 saturated heterocycles. The highest BCUT2D eigenvalue weighted by Crippen LogP contribution is 2.45. The van der Waals surface area contributed by atoms with Crippen LogP contribution in [0.1, 0.15) is 28.2 Å². The van der Waals surface area contributed by atoms with Gasteiger partial charge in [-0.2, -0.15) is 13.2 Å². The van der Waals surface area contributed by atoms with Gasteiger partial charge in [-0.05, 0) is 34.9 Å². The Labute approximate surface area is 162 Å². The molecule has 142 valence electrons. The van der Waals surface area contributed by atoms with Gasteiger partial charge in [-0.25, -0.2) is 4.39 Å². The van der Waals surface area contributed by atoms with Crippen LogP contribution in [-0.4, -0.2) is 5.78 Å². The Balaban J connectivity index is 1.68. The summed E-state index contributed by atoms with van der Waals surface area (Å²) in [6.45, 7) is 0. The van der Waals surface area contributed by atoms with Crippen LogP contribution in [0.2, 0.25) is 0 Å². The number of hydrogen-bond acceptors (Lipinski definition) is 3. The lowest BCUT2D eigenvalue weighted by atomic mass is 9.96. The van der Waals surface area contributed by atoms with Crippen molar-refractivity contribution in [3.05, 3.63) is 92.6 Å². The van der Waals surface area contributed by atoms with Crippen LogP contribution in [0.15, 0.2) is 70.4 Å². The molecule has 0 bridgehead atoms. The molecule has 1 atom stereocenters. The summed E-state index contributed by atoms with van der Waals surface area (Å²) < 4.78 is 53.3. The molecule has 0 fully saturated rings. The second-order valence-corrected chi connectivity index (χ2v) is 7.50. The monoisotopic (exact) mass is 403 g/mol. The Morgan fingerprint density at radius 1 is 1.07 bits per heavy atom. The lowest BCUT2D eigenvalue weighted by Crippen LogP contribution is -2.07. The van der Waals surface area contributed by atoms with Crippen molar-refractivity contribution in [2.75, 3.05) is 0 Å². The van der Waals surface area contributed by atoms with Crippen molar-refractivity contribution in [3.63, 3.8) is 0 Å². The zero-order chi connectivity index (χ0) is 20.1. The quantitative estimate of drug-likeness (QED) is 0.521. The van der Waals surface area contributed by atoms with Gasteiger partial charge in [0.25, 0.3) is 0 Å². The maximum atomic E-state index is 14.4. The predicted octanol–water partition coefficient (Wildman–Crippen LogP) is 5.64. The van der Waals surface area contributed by atoms with Crippen molar-refractivity contribution in [1.29, 1.82) is 0 Å². The molecule has 0 aromatic heterocycles. The molecular weight excluding hydrogens is 390 g/mol. The van der Waals surface area contributed by atoms with Crippen molar-refractivity contribution < 1.29 is 22.4 Å². The Bertz CT molecular complexity index is 1080. The van der Waals surface area contributed by atoms with Crippen molar-refractivity contribution in [1.82, 2.24) is 0 Å². The van der Waals surface area contributed by atoms with Crippen LogP contribution in [-0.2, 0) is 11.0 Å². The van der Waals surface area contributed by atoms with E-state index in [4.69, 9.17) is 5.73 Å². The molecule has 7 heteroatoms. The van der Waals surface area contributed by atoms with Gasteiger partial charge in [0.1, 0.15) is 5.83 Å². The first-order valence-corrected chi connectivity index (χ1v) is 9.15. The predicted molar refractivity (Wildman–Crippen MR) is 102 cm³/mol. The minimum absolute atomic E-state index is 0.0121. The summed E-state index contributed by atoms with van der Waals surface area (Å²) in [5.74, 6) is -1.61. The molecular formula is C21H13F4NOS. The van der Waals surface area contributed by atoms with Gasteiger partial charge in [0.15, 0.2) is 0 Å². The third-order valence-corrected chi connectivity index (χ3v) is 5.60. The number of benzene rings is 2. The minimum Gasteiger partial charge on any atom is -0.393 e. The van der Waals surface area contributed by atoms with E-state index in [1.54, 1.807) is 24.3 Å². The van der Waals surface area contributed by atoms with Gasteiger partial charge >= 0.3 is 6.18 Å². The molecule has 0 radical (unpaired) electrons. The van der Waals surface area contributed by atoms with Crippen LogP contribution < -0.4 is 5.73 Å². The molecule has 1 unspecified atom stereocenters. The fourth-order valence-electron chi connectivity index (χ4n) is 3.32. The Kier molecular flexibility index (Phi) is 4.42. The van der Waals surface area contributed by atoms with E-state index < -0.39 is 29.3 Å². The zero-order valence-electron chi connectivity index (χ0n) is 14.3. The number of alkyl halides is 3. The first kappa shape index (κ1) is 18.6.